The SMILES string of the molecule is CCCOCC(=O)OCOc1c(O)ccnc1C(N)=O. The first-order chi connectivity index (χ1) is 9.56. The maximum absolute atomic E-state index is 11.2. The first kappa shape index (κ1) is 15.7. The van der Waals surface area contributed by atoms with Crippen molar-refractivity contribution in [3.63, 3.8) is 0 Å². The van der Waals surface area contributed by atoms with E-state index in [0.29, 0.717) is 6.61 Å². The van der Waals surface area contributed by atoms with Crippen LogP contribution in [-0.2, 0) is 14.3 Å². The van der Waals surface area contributed by atoms with Gasteiger partial charge >= 0.3 is 5.97 Å². The topological polar surface area (TPSA) is 121 Å². The summed E-state index contributed by atoms with van der Waals surface area (Å²) in [7, 11) is 0. The van der Waals surface area contributed by atoms with Gasteiger partial charge in [-0.3, -0.25) is 4.79 Å². The van der Waals surface area contributed by atoms with Gasteiger partial charge in [0.25, 0.3) is 5.91 Å². The lowest BCUT2D eigenvalue weighted by Gasteiger charge is -2.10. The van der Waals surface area contributed by atoms with Crippen LogP contribution in [-0.4, -0.2) is 42.0 Å². The monoisotopic (exact) mass is 284 g/mol. The van der Waals surface area contributed by atoms with Gasteiger partial charge in [0.1, 0.15) is 6.61 Å². The van der Waals surface area contributed by atoms with Crippen LogP contribution in [0.3, 0.4) is 0 Å². The molecule has 0 fully saturated rings. The summed E-state index contributed by atoms with van der Waals surface area (Å²) in [6, 6.07) is 1.22. The minimum absolute atomic E-state index is 0.196. The molecule has 1 amide bonds. The molecule has 0 aliphatic carbocycles. The third-order valence-corrected chi connectivity index (χ3v) is 2.11. The highest BCUT2D eigenvalue weighted by atomic mass is 16.7. The van der Waals surface area contributed by atoms with Crippen LogP contribution in [0, 0.1) is 0 Å². The van der Waals surface area contributed by atoms with Crippen LogP contribution in [0.4, 0.5) is 0 Å². The number of nitrogens with two attached hydrogens (primary N) is 1. The number of amides is 1. The molecule has 1 aromatic rings. The lowest BCUT2D eigenvalue weighted by molar-refractivity contribution is -0.155. The Balaban J connectivity index is 2.50. The van der Waals surface area contributed by atoms with Crippen LogP contribution < -0.4 is 10.5 Å². The van der Waals surface area contributed by atoms with Crippen molar-refractivity contribution in [2.45, 2.75) is 13.3 Å². The molecule has 0 atom stereocenters. The van der Waals surface area contributed by atoms with E-state index in [2.05, 4.69) is 4.98 Å². The number of pyridine rings is 1. The Morgan fingerprint density at radius 1 is 1.45 bits per heavy atom. The molecule has 0 aromatic carbocycles. The molecule has 8 heteroatoms. The minimum Gasteiger partial charge on any atom is -0.504 e. The van der Waals surface area contributed by atoms with Crippen molar-refractivity contribution >= 4 is 11.9 Å². The van der Waals surface area contributed by atoms with E-state index in [1.165, 1.54) is 12.3 Å². The van der Waals surface area contributed by atoms with Crippen molar-refractivity contribution in [1.82, 2.24) is 4.98 Å². The molecule has 20 heavy (non-hydrogen) atoms. The molecular formula is C12H16N2O6. The molecule has 0 bridgehead atoms. The standard InChI is InChI=1S/C12H16N2O6/c1-2-5-18-6-9(16)19-7-20-11-8(15)3-4-14-10(11)12(13)17/h3-4H,2,5-7H2,1H3,(H2,13,17)(H,14,15). The zero-order chi connectivity index (χ0) is 15.0. The molecule has 3 N–H and O–H groups in total. The van der Waals surface area contributed by atoms with Gasteiger partial charge < -0.3 is 25.1 Å². The molecule has 0 unspecified atom stereocenters. The van der Waals surface area contributed by atoms with Crippen molar-refractivity contribution in [3.8, 4) is 11.5 Å². The van der Waals surface area contributed by atoms with Gasteiger partial charge in [0.15, 0.2) is 17.2 Å². The Hall–Kier alpha value is -2.35. The van der Waals surface area contributed by atoms with Crippen molar-refractivity contribution in [2.24, 2.45) is 5.73 Å². The number of esters is 1. The van der Waals surface area contributed by atoms with Crippen molar-refractivity contribution < 1.29 is 28.9 Å². The van der Waals surface area contributed by atoms with Gasteiger partial charge in [-0.1, -0.05) is 6.92 Å². The maximum atomic E-state index is 11.2. The molecule has 8 nitrogen and oxygen atoms in total. The van der Waals surface area contributed by atoms with Crippen molar-refractivity contribution in [1.29, 1.82) is 0 Å². The summed E-state index contributed by atoms with van der Waals surface area (Å²) in [5.74, 6) is -2.05. The Kier molecular flexibility index (Phi) is 6.24. The number of nitrogens with zero attached hydrogens (tertiary/aromatic N) is 1. The van der Waals surface area contributed by atoms with Crippen molar-refractivity contribution in [2.75, 3.05) is 20.0 Å². The Morgan fingerprint density at radius 2 is 2.20 bits per heavy atom. The van der Waals surface area contributed by atoms with Gasteiger partial charge in [-0.05, 0) is 6.42 Å². The molecule has 110 valence electrons. The van der Waals surface area contributed by atoms with Gasteiger partial charge in [0.05, 0.1) is 0 Å². The number of ether oxygens (including phenoxy) is 3. The molecule has 1 heterocycles. The highest BCUT2D eigenvalue weighted by Crippen LogP contribution is 2.27. The number of hydrogen-bond acceptors (Lipinski definition) is 7. The van der Waals surface area contributed by atoms with Crippen LogP contribution in [0.25, 0.3) is 0 Å². The van der Waals surface area contributed by atoms with E-state index in [9.17, 15) is 14.7 Å². The largest absolute Gasteiger partial charge is 0.504 e. The molecule has 0 radical (unpaired) electrons. The predicted molar refractivity (Wildman–Crippen MR) is 67.1 cm³/mol. The van der Waals surface area contributed by atoms with Gasteiger partial charge in [0, 0.05) is 18.9 Å². The zero-order valence-electron chi connectivity index (χ0n) is 11.0. The summed E-state index contributed by atoms with van der Waals surface area (Å²) in [6.45, 7) is 1.67. The Bertz CT molecular complexity index is 477. The number of carbonyl (C=O) groups is 2. The average Bonchev–Trinajstić information content (AvgIpc) is 2.40. The third-order valence-electron chi connectivity index (χ3n) is 2.11. The average molecular weight is 284 g/mol. The molecule has 0 aliphatic heterocycles. The summed E-state index contributed by atoms with van der Waals surface area (Å²) >= 11 is 0. The van der Waals surface area contributed by atoms with E-state index in [1.54, 1.807) is 0 Å². The molecule has 1 rings (SSSR count). The second-order valence-corrected chi connectivity index (χ2v) is 3.70. The fourth-order valence-electron chi connectivity index (χ4n) is 1.25. The van der Waals surface area contributed by atoms with E-state index in [0.717, 1.165) is 6.42 Å². The quantitative estimate of drug-likeness (QED) is 0.397. The van der Waals surface area contributed by atoms with E-state index < -0.39 is 18.7 Å². The van der Waals surface area contributed by atoms with E-state index in [-0.39, 0.29) is 23.8 Å². The highest BCUT2D eigenvalue weighted by molar-refractivity contribution is 5.94. The number of primary amides is 1. The van der Waals surface area contributed by atoms with Gasteiger partial charge in [-0.25, -0.2) is 9.78 Å². The first-order valence-corrected chi connectivity index (χ1v) is 5.90. The number of aromatic nitrogens is 1. The number of hydrogen-bond donors (Lipinski definition) is 2. The Morgan fingerprint density at radius 3 is 2.85 bits per heavy atom. The van der Waals surface area contributed by atoms with Crippen LogP contribution >= 0.6 is 0 Å². The van der Waals surface area contributed by atoms with Crippen LogP contribution in [0.5, 0.6) is 11.5 Å². The van der Waals surface area contributed by atoms with E-state index in [1.807, 2.05) is 6.92 Å². The first-order valence-electron chi connectivity index (χ1n) is 5.90. The van der Waals surface area contributed by atoms with Gasteiger partial charge in [-0.2, -0.15) is 0 Å². The van der Waals surface area contributed by atoms with Crippen LogP contribution in [0.2, 0.25) is 0 Å². The molecule has 0 saturated heterocycles. The summed E-state index contributed by atoms with van der Waals surface area (Å²) < 4.78 is 14.7. The molecule has 1 aromatic heterocycles. The summed E-state index contributed by atoms with van der Waals surface area (Å²) in [4.78, 5) is 26.0. The van der Waals surface area contributed by atoms with E-state index >= 15 is 0 Å². The maximum Gasteiger partial charge on any atom is 0.334 e. The minimum atomic E-state index is -0.867. The fraction of sp³-hybridized carbons (Fsp3) is 0.417. The van der Waals surface area contributed by atoms with Crippen LogP contribution in [0.15, 0.2) is 12.3 Å². The molecule has 0 spiro atoms. The second kappa shape index (κ2) is 7.95. The van der Waals surface area contributed by atoms with E-state index in [4.69, 9.17) is 19.9 Å². The highest BCUT2D eigenvalue weighted by Gasteiger charge is 2.16. The lowest BCUT2D eigenvalue weighted by atomic mass is 10.3. The number of carbonyl (C=O) groups excluding carboxylic acids is 2. The smallest absolute Gasteiger partial charge is 0.334 e. The number of aromatic hydroxyl groups is 1. The van der Waals surface area contributed by atoms with Crippen molar-refractivity contribution in [3.05, 3.63) is 18.0 Å². The third kappa shape index (κ3) is 4.73. The normalized spacial score (nSPS) is 10.1. The van der Waals surface area contributed by atoms with Gasteiger partial charge in [0.2, 0.25) is 6.79 Å². The summed E-state index contributed by atoms with van der Waals surface area (Å²) in [5.41, 5.74) is 4.83. The molecular weight excluding hydrogens is 268 g/mol. The lowest BCUT2D eigenvalue weighted by Crippen LogP contribution is -2.19. The number of rotatable bonds is 8. The second-order valence-electron chi connectivity index (χ2n) is 3.70. The molecule has 0 aliphatic rings. The Labute approximate surface area is 115 Å². The summed E-state index contributed by atoms with van der Waals surface area (Å²) in [5, 5.41) is 9.54. The van der Waals surface area contributed by atoms with Gasteiger partial charge in [-0.15, -0.1) is 0 Å². The fourth-order valence-corrected chi connectivity index (χ4v) is 1.25. The molecule has 0 saturated carbocycles. The predicted octanol–water partition coefficient (Wildman–Crippen LogP) is 0.192. The van der Waals surface area contributed by atoms with Crippen LogP contribution in [0.1, 0.15) is 23.8 Å². The summed E-state index contributed by atoms with van der Waals surface area (Å²) in [6.07, 6.45) is 1.99. The zero-order valence-corrected chi connectivity index (χ0v) is 11.0.